The Labute approximate surface area is 799 Å². The minimum absolute atomic E-state index is 0. The number of aryl methyl sites for hydroxylation is 1. The zero-order valence-corrected chi connectivity index (χ0v) is 82.9. The van der Waals surface area contributed by atoms with Crippen molar-refractivity contribution in [2.24, 2.45) is 21.4 Å². The first-order chi connectivity index (χ1) is 62.7. The lowest BCUT2D eigenvalue weighted by atomic mass is 9.97. The third-order valence-electron chi connectivity index (χ3n) is 21.3. The average molecular weight is 1900 g/mol. The van der Waals surface area contributed by atoms with Crippen LogP contribution in [0.15, 0.2) is 174 Å². The highest BCUT2D eigenvalue weighted by Crippen LogP contribution is 2.50. The number of aromatic nitrogens is 4. The monoisotopic (exact) mass is 1900 g/mol. The van der Waals surface area contributed by atoms with Gasteiger partial charge in [-0.25, -0.2) is 41.5 Å². The van der Waals surface area contributed by atoms with E-state index in [2.05, 4.69) is 108 Å². The molecule has 12 aliphatic rings. The summed E-state index contributed by atoms with van der Waals surface area (Å²) < 4.78 is 100. The van der Waals surface area contributed by atoms with Crippen LogP contribution in [0.25, 0.3) is 0 Å². The highest BCUT2D eigenvalue weighted by molar-refractivity contribution is 7.89. The molecule has 758 valence electrons. The van der Waals surface area contributed by atoms with Crippen molar-refractivity contribution in [1.82, 2.24) is 65.7 Å². The SMILES string of the molecule is C.C.C1CC1.C1CCC1.C1CCCCC1.C1CCNCC1.C1CNCC2(C1)CC2.CCC.CCN1CCOCC1.CN1CCCC1CC=O.CN1CCCCC1.CN1CCNCC1.CNC.Cc1ccccn1.FC(F)(F)c1ccccc1.NC1CCCCC1.NS(=O)(=O)c1ccc(F)cc1.NS(=O)(=O)c1ccccc1.O=CCN1CCOCC1.c1ccncc1.c1cncnc1. The van der Waals surface area contributed by atoms with Crippen molar-refractivity contribution in [1.29, 1.82) is 0 Å². The van der Waals surface area contributed by atoms with Gasteiger partial charge in [0.2, 0.25) is 20.0 Å². The number of nitrogens with two attached hydrogens (primary N) is 3. The Morgan fingerprint density at radius 2 is 0.879 bits per heavy atom. The zero-order chi connectivity index (χ0) is 96.0. The van der Waals surface area contributed by atoms with Gasteiger partial charge in [0, 0.05) is 114 Å². The van der Waals surface area contributed by atoms with Crippen molar-refractivity contribution < 1.29 is 53.5 Å². The summed E-state index contributed by atoms with van der Waals surface area (Å²) in [5, 5.41) is 22.3. The first-order valence-corrected chi connectivity index (χ1v) is 51.3. The molecular formula is C102H182F4N16O8S2. The molecule has 30 heteroatoms. The van der Waals surface area contributed by atoms with Crippen LogP contribution < -0.4 is 37.3 Å². The Balaban J connectivity index is -0.00000134. The molecule has 5 aliphatic carbocycles. The van der Waals surface area contributed by atoms with Crippen molar-refractivity contribution >= 4 is 32.6 Å². The highest BCUT2D eigenvalue weighted by atomic mass is 32.2. The topological polar surface area (TPSA) is 315 Å². The van der Waals surface area contributed by atoms with Gasteiger partial charge in [-0.05, 0) is 237 Å². The number of rotatable bonds is 7. The fraction of sp³-hybridized carbons (Fsp3) is 0.667. The summed E-state index contributed by atoms with van der Waals surface area (Å²) >= 11 is 0. The standard InChI is InChI=1S/C7H5F3.C7H13NO.C7H13N.C6H6FNO2S.C6H7NO2S.C6H11NO2.C6H13NO.C6H13N.C6H7N.C6H13N.C6H12.C5H12N2.C5H11N.C5H5N.C4H4N2.C4H8.C3H6.C3H8.C2H7N.2CH4/c8-7(9,10)6-4-2-1-3-5-6;1-8-5-2-3-7(8)4-6-9;1-2-7(3-4-7)6-8-5-1;7-5-1-3-6(4-2-5)11(8,9)10;7-10(8,9)6-4-2-1-3-5-6;8-4-1-7-2-5-9-6-3-7;1-2-7-3-5-8-6-4-7;1-7-5-3-2-4-6-7;1-6-4-2-3-5-7-6;7-6-4-2-1-3-5-6;1-2-4-6-5-3-1;1-7-4-2-6-3-5-7;2*1-2-4-6-5-3-1;1-2-5-4-6-3-1;1-2-4-3-1;1-2-3-1;2*1-3-2;;/h1-5H;6-7H,2-5H2,1H3;8H,1-6H2;1-4H,(H2,8,9,10);1-5H,(H2,7,8,9);4H,1-3,5-6H2;2-6H2,1H3;2-6H2,1H3;2-5H,1H3;6H,1-5,7H2;1-6H2;6H,2-5H2,1H3;6H,1-5H2;1-5H;1-4H;1-4H2;1-3H2;3H2,1-2H3;3H,1-2H3;2*1H4. The Morgan fingerprint density at radius 3 is 1.14 bits per heavy atom. The molecule has 3 aromatic carbocycles. The number of carbonyl (C=O) groups excluding carboxylic acids is 2. The molecule has 3 aromatic heterocycles. The number of benzene rings is 3. The lowest BCUT2D eigenvalue weighted by Gasteiger charge is -2.24. The Morgan fingerprint density at radius 1 is 0.470 bits per heavy atom. The molecular weight excluding hydrogens is 1720 g/mol. The number of halogens is 4. The number of likely N-dealkylation sites (N-methyl/N-ethyl adjacent to an activating group) is 2. The van der Waals surface area contributed by atoms with Crippen molar-refractivity contribution in [3.05, 3.63) is 182 Å². The molecule has 1 unspecified atom stereocenters. The lowest BCUT2D eigenvalue weighted by molar-refractivity contribution is -0.137. The zero-order valence-electron chi connectivity index (χ0n) is 81.2. The molecule has 132 heavy (non-hydrogen) atoms. The molecule has 10 N–H and O–H groups in total. The molecule has 24 nitrogen and oxygen atoms in total. The van der Waals surface area contributed by atoms with Crippen LogP contribution in [0.4, 0.5) is 17.6 Å². The van der Waals surface area contributed by atoms with E-state index >= 15 is 0 Å². The quantitative estimate of drug-likeness (QED) is 0.0577. The molecule has 7 aliphatic heterocycles. The lowest BCUT2D eigenvalue weighted by Crippen LogP contribution is -2.40. The second-order valence-electron chi connectivity index (χ2n) is 33.6. The van der Waals surface area contributed by atoms with Crippen LogP contribution in [0.2, 0.25) is 0 Å². The van der Waals surface area contributed by atoms with E-state index in [1.54, 1.807) is 61.3 Å². The van der Waals surface area contributed by atoms with E-state index in [1.807, 2.05) is 57.4 Å². The van der Waals surface area contributed by atoms with Crippen molar-refractivity contribution in [2.45, 2.75) is 276 Å². The van der Waals surface area contributed by atoms with Crippen LogP contribution in [-0.4, -0.2) is 259 Å². The predicted octanol–water partition coefficient (Wildman–Crippen LogP) is 18.4. The molecule has 0 amide bonds. The van der Waals surface area contributed by atoms with Gasteiger partial charge in [-0.15, -0.1) is 0 Å². The molecule has 1 spiro atoms. The maximum absolute atomic E-state index is 12.2. The Bertz CT molecular complexity index is 3440. The minimum atomic E-state index is -4.21. The van der Waals surface area contributed by atoms with Gasteiger partial charge in [0.05, 0.1) is 48.3 Å². The van der Waals surface area contributed by atoms with Crippen molar-refractivity contribution in [3.8, 4) is 0 Å². The van der Waals surface area contributed by atoms with Crippen molar-refractivity contribution in [3.63, 3.8) is 0 Å². The maximum atomic E-state index is 12.2. The van der Waals surface area contributed by atoms with Crippen LogP contribution in [0.3, 0.4) is 0 Å². The van der Waals surface area contributed by atoms with E-state index in [4.69, 9.17) is 25.5 Å². The average Bonchev–Trinajstić information content (AvgIpc) is 1.66. The first-order valence-electron chi connectivity index (χ1n) is 48.2. The van der Waals surface area contributed by atoms with Gasteiger partial charge < -0.3 is 60.8 Å². The van der Waals surface area contributed by atoms with Gasteiger partial charge in [-0.2, -0.15) is 13.2 Å². The number of carbonyl (C=O) groups is 2. The molecule has 5 saturated carbocycles. The minimum Gasteiger partial charge on any atom is -0.379 e. The number of nitrogens with one attached hydrogen (secondary N) is 4. The second-order valence-corrected chi connectivity index (χ2v) is 36.8. The van der Waals surface area contributed by atoms with Gasteiger partial charge >= 0.3 is 6.18 Å². The van der Waals surface area contributed by atoms with E-state index in [-0.39, 0.29) is 24.6 Å². The van der Waals surface area contributed by atoms with E-state index in [1.165, 1.54) is 295 Å². The number of nitrogens with zero attached hydrogens (tertiary/aromatic N) is 9. The summed E-state index contributed by atoms with van der Waals surface area (Å²) in [6.45, 7) is 31.2. The summed E-state index contributed by atoms with van der Waals surface area (Å²) in [4.78, 5) is 46.7. The largest absolute Gasteiger partial charge is 0.416 e. The fourth-order valence-electron chi connectivity index (χ4n) is 12.8. The molecule has 18 rings (SSSR count). The van der Waals surface area contributed by atoms with Crippen LogP contribution in [0.5, 0.6) is 0 Å². The first kappa shape index (κ1) is 130. The van der Waals surface area contributed by atoms with Crippen LogP contribution in [0, 0.1) is 18.2 Å². The van der Waals surface area contributed by atoms with Gasteiger partial charge in [0.25, 0.3) is 0 Å². The third-order valence-corrected chi connectivity index (χ3v) is 23.2. The fourth-order valence-corrected chi connectivity index (χ4v) is 13.8. The number of morpholine rings is 2. The summed E-state index contributed by atoms with van der Waals surface area (Å²) in [7, 11) is 2.99. The van der Waals surface area contributed by atoms with Crippen LogP contribution >= 0.6 is 0 Å². The van der Waals surface area contributed by atoms with E-state index < -0.39 is 37.6 Å². The molecule has 10 heterocycles. The summed E-state index contributed by atoms with van der Waals surface area (Å²) in [6, 6.07) is 33.0. The molecule has 0 radical (unpaired) electrons. The summed E-state index contributed by atoms with van der Waals surface area (Å²) in [5.41, 5.74) is 6.92. The van der Waals surface area contributed by atoms with Crippen molar-refractivity contribution in [2.75, 3.05) is 173 Å². The number of primary sulfonamides is 2. The Kier molecular flexibility index (Phi) is 88.0. The number of alkyl halides is 3. The number of hydrogen-bond donors (Lipinski definition) is 7. The number of aldehydes is 2. The number of pyridine rings is 2. The highest BCUT2D eigenvalue weighted by Gasteiger charge is 2.42. The molecule has 6 aromatic rings. The third kappa shape index (κ3) is 85.1. The number of sulfonamides is 2. The molecule has 1 atom stereocenters. The second kappa shape index (κ2) is 89.6. The van der Waals surface area contributed by atoms with Gasteiger partial charge in [-0.3, -0.25) is 19.8 Å². The number of hydrogen-bond acceptors (Lipinski definition) is 22. The van der Waals surface area contributed by atoms with Gasteiger partial charge in [0.15, 0.2) is 0 Å². The van der Waals surface area contributed by atoms with Crippen LogP contribution in [-0.2, 0) is 45.3 Å². The normalized spacial score (nSPS) is 18.5. The van der Waals surface area contributed by atoms with E-state index in [0.717, 1.165) is 132 Å². The van der Waals surface area contributed by atoms with E-state index in [0.29, 0.717) is 18.6 Å². The Hall–Kier alpha value is -6.56. The van der Waals surface area contributed by atoms with E-state index in [9.17, 15) is 44.0 Å². The van der Waals surface area contributed by atoms with Gasteiger partial charge in [0.1, 0.15) is 24.7 Å². The number of likely N-dealkylation sites (tertiary alicyclic amines) is 2. The van der Waals surface area contributed by atoms with Crippen LogP contribution in [0.1, 0.15) is 252 Å². The smallest absolute Gasteiger partial charge is 0.379 e. The van der Waals surface area contributed by atoms with Gasteiger partial charge in [-0.1, -0.05) is 218 Å². The molecule has 12 fully saturated rings. The predicted molar refractivity (Wildman–Crippen MR) is 543 cm³/mol. The molecule has 0 bridgehead atoms. The number of piperidine rings is 3. The summed E-state index contributed by atoms with van der Waals surface area (Å²) in [6.07, 6.45) is 52.9. The number of piperazine rings is 1. The number of ether oxygens (including phenoxy) is 2. The summed E-state index contributed by atoms with van der Waals surface area (Å²) in [5.74, 6) is -0.489. The maximum Gasteiger partial charge on any atom is 0.416 e. The molecule has 7 saturated heterocycles.